The molecule has 1 aliphatic carbocycles. The molecule has 1 fully saturated rings. The zero-order valence-electron chi connectivity index (χ0n) is 17.6. The van der Waals surface area contributed by atoms with Crippen molar-refractivity contribution in [3.8, 4) is 0 Å². The number of nitro benzene ring substituents is 1. The second-order valence-electron chi connectivity index (χ2n) is 8.24. The Morgan fingerprint density at radius 2 is 1.83 bits per heavy atom. The van der Waals surface area contributed by atoms with Gasteiger partial charge in [0.15, 0.2) is 0 Å². The molecule has 1 amide bonds. The Balaban J connectivity index is 1.71. The normalized spacial score (nSPS) is 13.7. The number of aryl methyl sites for hydroxylation is 1. The summed E-state index contributed by atoms with van der Waals surface area (Å²) in [6.07, 6.45) is 2.17. The van der Waals surface area contributed by atoms with Crippen molar-refractivity contribution in [3.63, 3.8) is 0 Å². The van der Waals surface area contributed by atoms with E-state index in [1.165, 1.54) is 17.2 Å². The monoisotopic (exact) mass is 395 g/mol. The molecule has 0 radical (unpaired) electrons. The van der Waals surface area contributed by atoms with Gasteiger partial charge in [-0.1, -0.05) is 44.2 Å². The van der Waals surface area contributed by atoms with Crippen molar-refractivity contribution >= 4 is 17.3 Å². The molecule has 3 rings (SSSR count). The largest absolute Gasteiger partial charge is 0.319 e. The van der Waals surface area contributed by atoms with Crippen LogP contribution in [0.3, 0.4) is 0 Å². The summed E-state index contributed by atoms with van der Waals surface area (Å²) >= 11 is 0. The van der Waals surface area contributed by atoms with Crippen LogP contribution in [0, 0.1) is 24.0 Å². The molecule has 0 bridgehead atoms. The summed E-state index contributed by atoms with van der Waals surface area (Å²) in [7, 11) is 0. The van der Waals surface area contributed by atoms with Gasteiger partial charge in [0.2, 0.25) is 5.91 Å². The van der Waals surface area contributed by atoms with Crippen molar-refractivity contribution in [3.05, 3.63) is 68.8 Å². The van der Waals surface area contributed by atoms with Crippen LogP contribution in [0.15, 0.2) is 36.4 Å². The summed E-state index contributed by atoms with van der Waals surface area (Å²) in [6, 6.07) is 12.1. The van der Waals surface area contributed by atoms with Gasteiger partial charge < -0.3 is 5.32 Å². The quantitative estimate of drug-likeness (QED) is 0.507. The summed E-state index contributed by atoms with van der Waals surface area (Å²) in [6.45, 7) is 8.94. The minimum atomic E-state index is -0.447. The third-order valence-corrected chi connectivity index (χ3v) is 5.62. The minimum Gasteiger partial charge on any atom is -0.319 e. The highest BCUT2D eigenvalue weighted by molar-refractivity contribution is 5.95. The maximum atomic E-state index is 12.8. The third-order valence-electron chi connectivity index (χ3n) is 5.62. The minimum absolute atomic E-state index is 0.0660. The van der Waals surface area contributed by atoms with Crippen molar-refractivity contribution in [1.82, 2.24) is 4.90 Å². The summed E-state index contributed by atoms with van der Waals surface area (Å²) in [5.41, 5.74) is 4.35. The smallest absolute Gasteiger partial charge is 0.293 e. The number of hydrogen-bond acceptors (Lipinski definition) is 4. The lowest BCUT2D eigenvalue weighted by atomic mass is 10.0. The molecule has 2 aromatic rings. The van der Waals surface area contributed by atoms with Crippen LogP contribution in [-0.4, -0.2) is 28.3 Å². The lowest BCUT2D eigenvalue weighted by Crippen LogP contribution is -2.34. The fourth-order valence-electron chi connectivity index (χ4n) is 3.47. The lowest BCUT2D eigenvalue weighted by molar-refractivity contribution is -0.384. The molecule has 2 aromatic carbocycles. The van der Waals surface area contributed by atoms with Gasteiger partial charge >= 0.3 is 0 Å². The van der Waals surface area contributed by atoms with Crippen LogP contribution in [0.5, 0.6) is 0 Å². The summed E-state index contributed by atoms with van der Waals surface area (Å²) < 4.78 is 0. The number of carbonyl (C=O) groups excluding carboxylic acids is 1. The molecular weight excluding hydrogens is 366 g/mol. The first-order valence-electron chi connectivity index (χ1n) is 10.1. The van der Waals surface area contributed by atoms with Gasteiger partial charge in [0.25, 0.3) is 5.69 Å². The second-order valence-corrected chi connectivity index (χ2v) is 8.24. The Morgan fingerprint density at radius 1 is 1.17 bits per heavy atom. The molecule has 1 aliphatic rings. The van der Waals surface area contributed by atoms with E-state index in [4.69, 9.17) is 0 Å². The number of carbonyl (C=O) groups is 1. The van der Waals surface area contributed by atoms with Gasteiger partial charge in [0.1, 0.15) is 5.69 Å². The van der Waals surface area contributed by atoms with Crippen LogP contribution in [0.4, 0.5) is 11.4 Å². The van der Waals surface area contributed by atoms with Crippen LogP contribution >= 0.6 is 0 Å². The van der Waals surface area contributed by atoms with Crippen LogP contribution in [-0.2, 0) is 11.3 Å². The van der Waals surface area contributed by atoms with E-state index >= 15 is 0 Å². The number of anilines is 1. The Kier molecular flexibility index (Phi) is 6.33. The van der Waals surface area contributed by atoms with Gasteiger partial charge in [-0.2, -0.15) is 0 Å². The highest BCUT2D eigenvalue weighted by Crippen LogP contribution is 2.31. The van der Waals surface area contributed by atoms with E-state index in [9.17, 15) is 14.9 Å². The first-order valence-corrected chi connectivity index (χ1v) is 10.1. The van der Waals surface area contributed by atoms with Crippen molar-refractivity contribution in [2.24, 2.45) is 0 Å². The van der Waals surface area contributed by atoms with Gasteiger partial charge in [-0.05, 0) is 54.9 Å². The number of nitro groups is 1. The first kappa shape index (κ1) is 21.0. The van der Waals surface area contributed by atoms with Crippen LogP contribution < -0.4 is 5.32 Å². The number of nitrogens with zero attached hydrogens (tertiary/aromatic N) is 2. The van der Waals surface area contributed by atoms with E-state index in [1.807, 2.05) is 6.92 Å². The zero-order chi connectivity index (χ0) is 21.1. The van der Waals surface area contributed by atoms with E-state index in [0.29, 0.717) is 24.2 Å². The number of nitrogens with one attached hydrogen (secondary N) is 1. The predicted octanol–water partition coefficient (Wildman–Crippen LogP) is 4.94. The molecule has 6 nitrogen and oxygen atoms in total. The maximum Gasteiger partial charge on any atom is 0.293 e. The second kappa shape index (κ2) is 8.74. The zero-order valence-corrected chi connectivity index (χ0v) is 17.6. The van der Waals surface area contributed by atoms with Gasteiger partial charge in [0.05, 0.1) is 11.5 Å². The molecule has 0 unspecified atom stereocenters. The van der Waals surface area contributed by atoms with Gasteiger partial charge in [-0.25, -0.2) is 0 Å². The van der Waals surface area contributed by atoms with Crippen molar-refractivity contribution < 1.29 is 9.72 Å². The van der Waals surface area contributed by atoms with Crippen LogP contribution in [0.2, 0.25) is 0 Å². The molecule has 6 heteroatoms. The fourth-order valence-corrected chi connectivity index (χ4v) is 3.47. The molecule has 1 saturated carbocycles. The van der Waals surface area contributed by atoms with Gasteiger partial charge in [0, 0.05) is 18.7 Å². The van der Waals surface area contributed by atoms with Gasteiger partial charge in [-0.15, -0.1) is 0 Å². The van der Waals surface area contributed by atoms with Crippen molar-refractivity contribution in [2.75, 3.05) is 11.9 Å². The van der Waals surface area contributed by atoms with Crippen LogP contribution in [0.1, 0.15) is 54.9 Å². The Morgan fingerprint density at radius 3 is 2.38 bits per heavy atom. The molecule has 0 saturated heterocycles. The molecule has 1 N–H and O–H groups in total. The summed E-state index contributed by atoms with van der Waals surface area (Å²) in [5.74, 6) is 0.273. The van der Waals surface area contributed by atoms with E-state index in [1.54, 1.807) is 13.0 Å². The van der Waals surface area contributed by atoms with Crippen molar-refractivity contribution in [1.29, 1.82) is 0 Å². The fraction of sp³-hybridized carbons (Fsp3) is 0.435. The molecule has 0 aromatic heterocycles. The number of rotatable bonds is 8. The summed E-state index contributed by atoms with van der Waals surface area (Å²) in [4.78, 5) is 25.8. The van der Waals surface area contributed by atoms with E-state index < -0.39 is 4.92 Å². The maximum absolute atomic E-state index is 12.8. The number of hydrogen-bond donors (Lipinski definition) is 1. The molecule has 0 atom stereocenters. The molecule has 29 heavy (non-hydrogen) atoms. The number of amides is 1. The molecule has 0 heterocycles. The van der Waals surface area contributed by atoms with E-state index in [-0.39, 0.29) is 18.1 Å². The molecule has 0 aliphatic heterocycles. The van der Waals surface area contributed by atoms with Gasteiger partial charge in [-0.3, -0.25) is 19.8 Å². The van der Waals surface area contributed by atoms with Crippen LogP contribution in [0.25, 0.3) is 0 Å². The Hall–Kier alpha value is -2.73. The molecular formula is C23H29N3O3. The van der Waals surface area contributed by atoms with E-state index in [0.717, 1.165) is 24.0 Å². The SMILES string of the molecule is Cc1ccc([N+](=O)[O-])c(NC(=O)CN(Cc2ccc(C(C)C)cc2)C2CC2)c1C. The number of benzene rings is 2. The van der Waals surface area contributed by atoms with E-state index in [2.05, 4.69) is 48.3 Å². The average Bonchev–Trinajstić information content (AvgIpc) is 3.50. The first-order chi connectivity index (χ1) is 13.8. The van der Waals surface area contributed by atoms with Crippen molar-refractivity contribution in [2.45, 2.75) is 59.0 Å². The molecule has 154 valence electrons. The summed E-state index contributed by atoms with van der Waals surface area (Å²) in [5, 5.41) is 14.2. The Labute approximate surface area is 172 Å². The topological polar surface area (TPSA) is 75.5 Å². The predicted molar refractivity (Wildman–Crippen MR) is 115 cm³/mol. The highest BCUT2D eigenvalue weighted by atomic mass is 16.6. The highest BCUT2D eigenvalue weighted by Gasteiger charge is 2.31. The lowest BCUT2D eigenvalue weighted by Gasteiger charge is -2.22. The average molecular weight is 396 g/mol. The Bertz CT molecular complexity index is 902. The standard InChI is InChI=1S/C23H29N3O3/c1-15(2)19-8-6-18(7-9-19)13-25(20-10-11-20)14-22(27)24-23-17(4)16(3)5-12-21(23)26(28)29/h5-9,12,15,20H,10-11,13-14H2,1-4H3,(H,24,27). The third kappa shape index (κ3) is 5.21. The molecule has 0 spiro atoms.